The third-order valence-electron chi connectivity index (χ3n) is 3.49. The van der Waals surface area contributed by atoms with Gasteiger partial charge in [-0.1, -0.05) is 30.3 Å². The largest absolute Gasteiger partial charge is 0.440 e. The fourth-order valence-corrected chi connectivity index (χ4v) is 4.66. The number of aromatic nitrogens is 1. The van der Waals surface area contributed by atoms with Crippen LogP contribution in [0.1, 0.15) is 17.9 Å². The van der Waals surface area contributed by atoms with Crippen LogP contribution in [-0.4, -0.2) is 19.9 Å². The summed E-state index contributed by atoms with van der Waals surface area (Å²) < 4.78 is 33.1. The summed E-state index contributed by atoms with van der Waals surface area (Å²) in [5.41, 5.74) is 1.20. The second-order valence-corrected chi connectivity index (χ2v) is 8.43. The minimum absolute atomic E-state index is 0.284. The number of hydrogen-bond acceptors (Lipinski definition) is 5. The molecule has 24 heavy (non-hydrogen) atoms. The average molecular weight is 362 g/mol. The molecule has 0 aliphatic rings. The Bertz CT molecular complexity index is 899. The minimum Gasteiger partial charge on any atom is -0.440 e. The number of oxazole rings is 1. The molecule has 5 nitrogen and oxygen atoms in total. The van der Waals surface area contributed by atoms with Crippen molar-refractivity contribution < 1.29 is 12.8 Å². The Morgan fingerprint density at radius 3 is 2.67 bits per heavy atom. The topological polar surface area (TPSA) is 72.2 Å². The quantitative estimate of drug-likeness (QED) is 0.652. The lowest BCUT2D eigenvalue weighted by Crippen LogP contribution is -2.24. The molecular weight excluding hydrogens is 344 g/mol. The molecule has 3 aromatic rings. The molecule has 0 atom stereocenters. The zero-order chi connectivity index (χ0) is 17.0. The number of nitrogens with zero attached hydrogens (tertiary/aromatic N) is 1. The van der Waals surface area contributed by atoms with Gasteiger partial charge in [-0.2, -0.15) is 0 Å². The van der Waals surface area contributed by atoms with E-state index in [9.17, 15) is 8.42 Å². The van der Waals surface area contributed by atoms with Crippen molar-refractivity contribution in [1.29, 1.82) is 0 Å². The molecule has 0 aliphatic carbocycles. The van der Waals surface area contributed by atoms with Crippen LogP contribution >= 0.6 is 11.3 Å². The van der Waals surface area contributed by atoms with Crippen LogP contribution in [0.2, 0.25) is 0 Å². The SMILES string of the molecule is Cc1ncc(-c2ccc(S(=O)(=O)NCCCc3ccccc3)s2)o1. The maximum absolute atomic E-state index is 12.3. The smallest absolute Gasteiger partial charge is 0.250 e. The van der Waals surface area contributed by atoms with E-state index >= 15 is 0 Å². The van der Waals surface area contributed by atoms with Crippen molar-refractivity contribution in [3.05, 3.63) is 60.1 Å². The summed E-state index contributed by atoms with van der Waals surface area (Å²) in [6.45, 7) is 2.16. The van der Waals surface area contributed by atoms with E-state index in [1.54, 1.807) is 25.3 Å². The van der Waals surface area contributed by atoms with Gasteiger partial charge in [-0.05, 0) is 30.5 Å². The predicted octanol–water partition coefficient (Wildman–Crippen LogP) is 3.62. The third-order valence-corrected chi connectivity index (χ3v) is 6.54. The van der Waals surface area contributed by atoms with Crippen LogP contribution in [0.25, 0.3) is 10.6 Å². The predicted molar refractivity (Wildman–Crippen MR) is 94.5 cm³/mol. The zero-order valence-corrected chi connectivity index (χ0v) is 14.9. The molecule has 0 bridgehead atoms. The van der Waals surface area contributed by atoms with Gasteiger partial charge < -0.3 is 4.42 Å². The molecule has 0 fully saturated rings. The Labute approximate surface area is 145 Å². The summed E-state index contributed by atoms with van der Waals surface area (Å²) in [6, 6.07) is 13.4. The van der Waals surface area contributed by atoms with E-state index in [4.69, 9.17) is 4.42 Å². The van der Waals surface area contributed by atoms with Crippen LogP contribution in [-0.2, 0) is 16.4 Å². The summed E-state index contributed by atoms with van der Waals surface area (Å²) in [5.74, 6) is 1.14. The van der Waals surface area contributed by atoms with Crippen molar-refractivity contribution in [3.63, 3.8) is 0 Å². The summed E-state index contributed by atoms with van der Waals surface area (Å²) in [5, 5.41) is 0. The molecule has 0 saturated heterocycles. The molecule has 0 amide bonds. The highest BCUT2D eigenvalue weighted by Gasteiger charge is 2.18. The summed E-state index contributed by atoms with van der Waals surface area (Å²) in [7, 11) is -3.49. The van der Waals surface area contributed by atoms with Gasteiger partial charge in [0.25, 0.3) is 0 Å². The van der Waals surface area contributed by atoms with Crippen molar-refractivity contribution in [2.75, 3.05) is 6.54 Å². The standard InChI is InChI=1S/C17H18N2O3S2/c1-13-18-12-15(22-13)16-9-10-17(23-16)24(20,21)19-11-5-8-14-6-3-2-4-7-14/h2-4,6-7,9-10,12,19H,5,8,11H2,1H3. The van der Waals surface area contributed by atoms with Gasteiger partial charge in [-0.25, -0.2) is 18.1 Å². The number of sulfonamides is 1. The molecule has 7 heteroatoms. The van der Waals surface area contributed by atoms with Crippen molar-refractivity contribution in [3.8, 4) is 10.6 Å². The van der Waals surface area contributed by atoms with Crippen molar-refractivity contribution in [2.45, 2.75) is 24.0 Å². The van der Waals surface area contributed by atoms with E-state index in [-0.39, 0.29) is 4.21 Å². The van der Waals surface area contributed by atoms with Gasteiger partial charge in [-0.3, -0.25) is 0 Å². The first-order chi connectivity index (χ1) is 11.5. The van der Waals surface area contributed by atoms with Crippen molar-refractivity contribution in [2.24, 2.45) is 0 Å². The van der Waals surface area contributed by atoms with E-state index in [1.807, 2.05) is 30.3 Å². The Morgan fingerprint density at radius 1 is 1.17 bits per heavy atom. The lowest BCUT2D eigenvalue weighted by Gasteiger charge is -2.05. The van der Waals surface area contributed by atoms with Crippen LogP contribution in [0.3, 0.4) is 0 Å². The summed E-state index contributed by atoms with van der Waals surface area (Å²) in [6.07, 6.45) is 3.20. The van der Waals surface area contributed by atoms with Crippen molar-refractivity contribution in [1.82, 2.24) is 9.71 Å². The molecule has 2 aromatic heterocycles. The highest BCUT2D eigenvalue weighted by atomic mass is 32.2. The maximum atomic E-state index is 12.3. The maximum Gasteiger partial charge on any atom is 0.250 e. The second kappa shape index (κ2) is 7.29. The number of hydrogen-bond donors (Lipinski definition) is 1. The Kier molecular flexibility index (Phi) is 5.13. The number of rotatable bonds is 7. The molecule has 1 N–H and O–H groups in total. The molecule has 0 aliphatic heterocycles. The Hall–Kier alpha value is -1.96. The number of aryl methyl sites for hydroxylation is 2. The van der Waals surface area contributed by atoms with E-state index in [0.29, 0.717) is 18.2 Å². The van der Waals surface area contributed by atoms with Gasteiger partial charge in [0.05, 0.1) is 11.1 Å². The first-order valence-corrected chi connectivity index (χ1v) is 9.91. The van der Waals surface area contributed by atoms with Crippen molar-refractivity contribution >= 4 is 21.4 Å². The van der Waals surface area contributed by atoms with E-state index in [2.05, 4.69) is 9.71 Å². The first-order valence-electron chi connectivity index (χ1n) is 7.61. The van der Waals surface area contributed by atoms with Gasteiger partial charge in [0, 0.05) is 13.5 Å². The summed E-state index contributed by atoms with van der Waals surface area (Å²) >= 11 is 1.18. The van der Waals surface area contributed by atoms with Gasteiger partial charge in [-0.15, -0.1) is 11.3 Å². The van der Waals surface area contributed by atoms with Gasteiger partial charge in [0.2, 0.25) is 10.0 Å². The Balaban J connectivity index is 1.58. The van der Waals surface area contributed by atoms with Gasteiger partial charge in [0.1, 0.15) is 4.21 Å². The summed E-state index contributed by atoms with van der Waals surface area (Å²) in [4.78, 5) is 4.78. The van der Waals surface area contributed by atoms with Crippen LogP contribution in [0.5, 0.6) is 0 Å². The molecule has 2 heterocycles. The lowest BCUT2D eigenvalue weighted by molar-refractivity contribution is 0.535. The molecular formula is C17H18N2O3S2. The molecule has 3 rings (SSSR count). The molecule has 0 unspecified atom stereocenters. The fourth-order valence-electron chi connectivity index (χ4n) is 2.29. The highest BCUT2D eigenvalue weighted by molar-refractivity contribution is 7.91. The van der Waals surface area contributed by atoms with Gasteiger partial charge in [0.15, 0.2) is 11.7 Å². The number of thiophene rings is 1. The van der Waals surface area contributed by atoms with Crippen LogP contribution in [0.15, 0.2) is 57.3 Å². The molecule has 126 valence electrons. The van der Waals surface area contributed by atoms with Gasteiger partial charge >= 0.3 is 0 Å². The van der Waals surface area contributed by atoms with E-state index in [0.717, 1.165) is 17.7 Å². The monoisotopic (exact) mass is 362 g/mol. The average Bonchev–Trinajstić information content (AvgIpc) is 3.22. The highest BCUT2D eigenvalue weighted by Crippen LogP contribution is 2.30. The van der Waals surface area contributed by atoms with E-state index in [1.165, 1.54) is 16.9 Å². The minimum atomic E-state index is -3.49. The first kappa shape index (κ1) is 16.9. The van der Waals surface area contributed by atoms with E-state index < -0.39 is 10.0 Å². The number of nitrogens with one attached hydrogen (secondary N) is 1. The number of benzene rings is 1. The zero-order valence-electron chi connectivity index (χ0n) is 13.2. The molecule has 0 spiro atoms. The lowest BCUT2D eigenvalue weighted by atomic mass is 10.1. The van der Waals surface area contributed by atoms with Crippen LogP contribution < -0.4 is 4.72 Å². The molecule has 0 saturated carbocycles. The Morgan fingerprint density at radius 2 is 1.96 bits per heavy atom. The third kappa shape index (κ3) is 4.11. The normalized spacial score (nSPS) is 11.7. The molecule has 1 aromatic carbocycles. The second-order valence-electron chi connectivity index (χ2n) is 5.35. The van der Waals surface area contributed by atoms with Crippen LogP contribution in [0.4, 0.5) is 0 Å². The molecule has 0 radical (unpaired) electrons. The fraction of sp³-hybridized carbons (Fsp3) is 0.235. The van der Waals surface area contributed by atoms with Crippen LogP contribution in [0, 0.1) is 6.92 Å².